The maximum absolute atomic E-state index is 6.13. The third-order valence-corrected chi connectivity index (χ3v) is 2.15. The van der Waals surface area contributed by atoms with Crippen LogP contribution in [0, 0.1) is 0 Å². The summed E-state index contributed by atoms with van der Waals surface area (Å²) in [6.07, 6.45) is 2.59. The fourth-order valence-electron chi connectivity index (χ4n) is 1.03. The van der Waals surface area contributed by atoms with Crippen molar-refractivity contribution >= 4 is 0 Å². The van der Waals surface area contributed by atoms with Crippen molar-refractivity contribution in [1.82, 2.24) is 0 Å². The molecule has 0 radical (unpaired) electrons. The highest BCUT2D eigenvalue weighted by Crippen LogP contribution is 2.06. The molecule has 0 aromatic rings. The molecule has 0 saturated carbocycles. The van der Waals surface area contributed by atoms with Crippen LogP contribution in [0.1, 0.15) is 40.0 Å². The fourth-order valence-corrected chi connectivity index (χ4v) is 1.03. The van der Waals surface area contributed by atoms with Crippen molar-refractivity contribution in [2.45, 2.75) is 45.6 Å². The lowest BCUT2D eigenvalue weighted by Gasteiger charge is -2.26. The molecule has 0 unspecified atom stereocenters. The molecule has 122 valence electrons. The van der Waals surface area contributed by atoms with Crippen LogP contribution in [-0.2, 0) is 29.3 Å². The molecule has 0 rings (SSSR count). The Morgan fingerprint density at radius 2 is 0.900 bits per heavy atom. The summed E-state index contributed by atoms with van der Waals surface area (Å²) in [5.74, 6) is 0. The van der Waals surface area contributed by atoms with Crippen molar-refractivity contribution in [3.8, 4) is 0 Å². The van der Waals surface area contributed by atoms with E-state index in [0.717, 1.165) is 19.3 Å². The Balaban J connectivity index is 3.98. The van der Waals surface area contributed by atoms with E-state index < -0.39 is 5.54 Å². The minimum absolute atomic E-state index is 0.123. The molecule has 7 heteroatoms. The van der Waals surface area contributed by atoms with Gasteiger partial charge in [-0.05, 0) is 19.3 Å². The van der Waals surface area contributed by atoms with E-state index in [1.807, 2.05) is 20.8 Å². The van der Waals surface area contributed by atoms with Gasteiger partial charge in [0.05, 0.1) is 25.4 Å². The number of hydrogen-bond acceptors (Lipinski definition) is 7. The van der Waals surface area contributed by atoms with Gasteiger partial charge in [0.2, 0.25) is 0 Å². The average Bonchev–Trinajstić information content (AvgIpc) is 2.45. The summed E-state index contributed by atoms with van der Waals surface area (Å²) in [6, 6.07) is 0. The first-order valence-electron chi connectivity index (χ1n) is 7.20. The van der Waals surface area contributed by atoms with Crippen LogP contribution in [0.15, 0.2) is 0 Å². The molecule has 7 nitrogen and oxygen atoms in total. The summed E-state index contributed by atoms with van der Waals surface area (Å²) < 4.78 is 0. The van der Waals surface area contributed by atoms with Crippen molar-refractivity contribution < 1.29 is 29.3 Å². The normalized spacial score (nSPS) is 12.0. The largest absolute Gasteiger partial charge is 0.319 e. The summed E-state index contributed by atoms with van der Waals surface area (Å²) in [7, 11) is 0. The average molecular weight is 295 g/mol. The monoisotopic (exact) mass is 295 g/mol. The van der Waals surface area contributed by atoms with Gasteiger partial charge in [0.1, 0.15) is 19.8 Å². The van der Waals surface area contributed by atoms with Crippen LogP contribution >= 0.6 is 0 Å². The predicted octanol–water partition coefficient (Wildman–Crippen LogP) is 1.76. The van der Waals surface area contributed by atoms with Gasteiger partial charge in [-0.2, -0.15) is 0 Å². The number of nitrogens with two attached hydrogens (primary N) is 1. The summed E-state index contributed by atoms with van der Waals surface area (Å²) in [5.41, 5.74) is 5.24. The summed E-state index contributed by atoms with van der Waals surface area (Å²) in [5, 5.41) is 0. The van der Waals surface area contributed by atoms with Gasteiger partial charge in [-0.1, -0.05) is 20.8 Å². The Bertz CT molecular complexity index is 174. The molecule has 0 aliphatic carbocycles. The van der Waals surface area contributed by atoms with Gasteiger partial charge in [0.25, 0.3) is 0 Å². The predicted molar refractivity (Wildman–Crippen MR) is 73.5 cm³/mol. The SMILES string of the molecule is CCCOOCC(N)(COOCCC)COOCCC. The van der Waals surface area contributed by atoms with Crippen LogP contribution in [0.2, 0.25) is 0 Å². The second kappa shape index (κ2) is 13.7. The van der Waals surface area contributed by atoms with Crippen LogP contribution in [0.25, 0.3) is 0 Å². The Labute approximate surface area is 121 Å². The molecule has 0 aromatic heterocycles. The second-order valence-corrected chi connectivity index (χ2v) is 4.61. The quantitative estimate of drug-likeness (QED) is 0.280. The van der Waals surface area contributed by atoms with Crippen LogP contribution < -0.4 is 5.73 Å². The van der Waals surface area contributed by atoms with E-state index in [0.29, 0.717) is 19.8 Å². The van der Waals surface area contributed by atoms with E-state index in [-0.39, 0.29) is 19.8 Å². The maximum Gasteiger partial charge on any atom is 0.105 e. The highest BCUT2D eigenvalue weighted by atomic mass is 17.2. The smallest absolute Gasteiger partial charge is 0.105 e. The Hall–Kier alpha value is -0.280. The standard InChI is InChI=1S/C13H29NO6/c1-4-7-15-18-10-13(14,11-19-16-8-5-2)12-20-17-9-6-3/h4-12,14H2,1-3H3. The van der Waals surface area contributed by atoms with Crippen molar-refractivity contribution in [1.29, 1.82) is 0 Å². The Kier molecular flexibility index (Phi) is 13.5. The Morgan fingerprint density at radius 1 is 0.600 bits per heavy atom. The lowest BCUT2D eigenvalue weighted by Crippen LogP contribution is -2.53. The molecule has 0 saturated heterocycles. The van der Waals surface area contributed by atoms with Crippen molar-refractivity contribution in [2.24, 2.45) is 5.73 Å². The molecule has 2 N–H and O–H groups in total. The van der Waals surface area contributed by atoms with E-state index >= 15 is 0 Å². The van der Waals surface area contributed by atoms with Crippen molar-refractivity contribution in [2.75, 3.05) is 39.6 Å². The first-order chi connectivity index (χ1) is 9.68. The van der Waals surface area contributed by atoms with Gasteiger partial charge >= 0.3 is 0 Å². The first kappa shape index (κ1) is 19.7. The topological polar surface area (TPSA) is 81.4 Å². The van der Waals surface area contributed by atoms with Crippen molar-refractivity contribution in [3.63, 3.8) is 0 Å². The highest BCUT2D eigenvalue weighted by Gasteiger charge is 2.28. The first-order valence-corrected chi connectivity index (χ1v) is 7.20. The minimum Gasteiger partial charge on any atom is -0.319 e. The summed E-state index contributed by atoms with van der Waals surface area (Å²) in [6.45, 7) is 7.87. The van der Waals surface area contributed by atoms with Crippen LogP contribution in [0.5, 0.6) is 0 Å². The molecule has 0 fully saturated rings. The lowest BCUT2D eigenvalue weighted by molar-refractivity contribution is -0.352. The van der Waals surface area contributed by atoms with E-state index in [9.17, 15) is 0 Å². The summed E-state index contributed by atoms with van der Waals surface area (Å²) in [4.78, 5) is 30.1. The minimum atomic E-state index is -0.894. The highest BCUT2D eigenvalue weighted by molar-refractivity contribution is 4.82. The summed E-state index contributed by atoms with van der Waals surface area (Å²) >= 11 is 0. The Morgan fingerprint density at radius 3 is 1.15 bits per heavy atom. The zero-order chi connectivity index (χ0) is 15.1. The van der Waals surface area contributed by atoms with E-state index in [1.165, 1.54) is 0 Å². The molecule has 0 aliphatic rings. The molecule has 20 heavy (non-hydrogen) atoms. The number of hydrogen-bond donors (Lipinski definition) is 1. The van der Waals surface area contributed by atoms with Gasteiger partial charge in [0.15, 0.2) is 0 Å². The molecular formula is C13H29NO6. The molecule has 0 spiro atoms. The molecule has 0 heterocycles. The third kappa shape index (κ3) is 11.5. The molecule has 0 amide bonds. The van der Waals surface area contributed by atoms with Gasteiger partial charge in [-0.25, -0.2) is 29.3 Å². The molecule has 0 bridgehead atoms. The van der Waals surface area contributed by atoms with Gasteiger partial charge in [-0.3, -0.25) is 0 Å². The maximum atomic E-state index is 6.13. The molecule has 0 atom stereocenters. The van der Waals surface area contributed by atoms with Gasteiger partial charge in [0, 0.05) is 0 Å². The van der Waals surface area contributed by atoms with Gasteiger partial charge < -0.3 is 5.73 Å². The second-order valence-electron chi connectivity index (χ2n) is 4.61. The molecular weight excluding hydrogens is 266 g/mol. The molecule has 0 aromatic carbocycles. The zero-order valence-electron chi connectivity index (χ0n) is 12.9. The van der Waals surface area contributed by atoms with Crippen LogP contribution in [0.3, 0.4) is 0 Å². The molecule has 0 aliphatic heterocycles. The van der Waals surface area contributed by atoms with Gasteiger partial charge in [-0.15, -0.1) is 0 Å². The van der Waals surface area contributed by atoms with E-state index in [4.69, 9.17) is 35.1 Å². The van der Waals surface area contributed by atoms with Crippen LogP contribution in [0.4, 0.5) is 0 Å². The van der Waals surface area contributed by atoms with E-state index in [2.05, 4.69) is 0 Å². The third-order valence-electron chi connectivity index (χ3n) is 2.15. The fraction of sp³-hybridized carbons (Fsp3) is 1.00. The van der Waals surface area contributed by atoms with Crippen LogP contribution in [-0.4, -0.2) is 45.2 Å². The zero-order valence-corrected chi connectivity index (χ0v) is 12.9. The van der Waals surface area contributed by atoms with E-state index in [1.54, 1.807) is 0 Å². The van der Waals surface area contributed by atoms with Crippen molar-refractivity contribution in [3.05, 3.63) is 0 Å². The number of rotatable bonds is 15. The lowest BCUT2D eigenvalue weighted by atomic mass is 10.1.